The van der Waals surface area contributed by atoms with Crippen LogP contribution >= 0.6 is 23.4 Å². The SMILES string of the molecule is Cc1ccc(C(C)CCC(Sc2ccccc2)C(C)(C)Cl)cc1. The summed E-state index contributed by atoms with van der Waals surface area (Å²) in [6.07, 6.45) is 2.27. The molecule has 2 aromatic carbocycles. The Morgan fingerprint density at radius 2 is 1.57 bits per heavy atom. The lowest BCUT2D eigenvalue weighted by atomic mass is 9.92. The molecule has 0 aromatic heterocycles. The first-order valence-electron chi connectivity index (χ1n) is 8.33. The summed E-state index contributed by atoms with van der Waals surface area (Å²) in [5.74, 6) is 0.563. The van der Waals surface area contributed by atoms with Crippen molar-refractivity contribution in [3.8, 4) is 0 Å². The van der Waals surface area contributed by atoms with E-state index in [9.17, 15) is 0 Å². The van der Waals surface area contributed by atoms with Crippen molar-refractivity contribution in [2.24, 2.45) is 0 Å². The molecule has 124 valence electrons. The second-order valence-electron chi connectivity index (χ2n) is 6.87. The Kier molecular flexibility index (Phi) is 6.61. The zero-order valence-corrected chi connectivity index (χ0v) is 16.1. The molecule has 0 bridgehead atoms. The second kappa shape index (κ2) is 8.26. The Hall–Kier alpha value is -0.920. The molecule has 2 aromatic rings. The Morgan fingerprint density at radius 1 is 0.957 bits per heavy atom. The first-order valence-corrected chi connectivity index (χ1v) is 9.59. The first kappa shape index (κ1) is 18.4. The van der Waals surface area contributed by atoms with E-state index in [4.69, 9.17) is 11.6 Å². The van der Waals surface area contributed by atoms with Crippen molar-refractivity contribution in [1.82, 2.24) is 0 Å². The fourth-order valence-corrected chi connectivity index (χ4v) is 4.09. The summed E-state index contributed by atoms with van der Waals surface area (Å²) in [4.78, 5) is 1.09. The average Bonchev–Trinajstić information content (AvgIpc) is 2.51. The van der Waals surface area contributed by atoms with Gasteiger partial charge in [0.2, 0.25) is 0 Å². The van der Waals surface area contributed by atoms with Crippen LogP contribution in [0.15, 0.2) is 59.5 Å². The van der Waals surface area contributed by atoms with E-state index in [1.807, 2.05) is 11.8 Å². The highest BCUT2D eigenvalue weighted by Gasteiger charge is 2.28. The fraction of sp³-hybridized carbons (Fsp3) is 0.429. The lowest BCUT2D eigenvalue weighted by Gasteiger charge is -2.29. The summed E-state index contributed by atoms with van der Waals surface area (Å²) in [5.41, 5.74) is 2.74. The minimum absolute atomic E-state index is 0.215. The first-order chi connectivity index (χ1) is 10.9. The number of alkyl halides is 1. The normalized spacial score (nSPS) is 14.5. The lowest BCUT2D eigenvalue weighted by Crippen LogP contribution is -2.27. The lowest BCUT2D eigenvalue weighted by molar-refractivity contribution is 0.550. The largest absolute Gasteiger partial charge is 0.121 e. The minimum atomic E-state index is -0.215. The molecule has 0 radical (unpaired) electrons. The van der Waals surface area contributed by atoms with E-state index >= 15 is 0 Å². The van der Waals surface area contributed by atoms with Crippen LogP contribution in [0.2, 0.25) is 0 Å². The van der Waals surface area contributed by atoms with Crippen LogP contribution in [0.4, 0.5) is 0 Å². The Bertz CT molecular complexity index is 583. The van der Waals surface area contributed by atoms with Crippen molar-refractivity contribution in [1.29, 1.82) is 0 Å². The highest BCUT2D eigenvalue weighted by atomic mass is 35.5. The minimum Gasteiger partial charge on any atom is -0.121 e. The van der Waals surface area contributed by atoms with Gasteiger partial charge in [0, 0.05) is 10.1 Å². The van der Waals surface area contributed by atoms with Gasteiger partial charge in [-0.3, -0.25) is 0 Å². The van der Waals surface area contributed by atoms with Crippen LogP contribution in [0, 0.1) is 6.92 Å². The Labute approximate surface area is 150 Å². The van der Waals surface area contributed by atoms with E-state index in [0.717, 1.165) is 12.8 Å². The van der Waals surface area contributed by atoms with Crippen molar-refractivity contribution in [2.75, 3.05) is 0 Å². The summed E-state index contributed by atoms with van der Waals surface area (Å²) in [6.45, 7) is 8.71. The molecule has 0 spiro atoms. The molecule has 0 nitrogen and oxygen atoms in total. The zero-order chi connectivity index (χ0) is 16.9. The molecular weight excluding hydrogens is 320 g/mol. The molecule has 0 aliphatic rings. The molecule has 2 unspecified atom stereocenters. The average molecular weight is 347 g/mol. The highest BCUT2D eigenvalue weighted by molar-refractivity contribution is 8.00. The number of hydrogen-bond donors (Lipinski definition) is 0. The maximum Gasteiger partial charge on any atom is 0.0512 e. The van der Waals surface area contributed by atoms with Gasteiger partial charge in [0.25, 0.3) is 0 Å². The third-order valence-corrected chi connectivity index (χ3v) is 6.34. The van der Waals surface area contributed by atoms with Gasteiger partial charge in [-0.25, -0.2) is 0 Å². The van der Waals surface area contributed by atoms with Crippen molar-refractivity contribution in [3.05, 3.63) is 65.7 Å². The molecule has 0 aliphatic carbocycles. The van der Waals surface area contributed by atoms with E-state index in [1.54, 1.807) is 0 Å². The summed E-state index contributed by atoms with van der Waals surface area (Å²) in [6, 6.07) is 19.5. The van der Waals surface area contributed by atoms with Gasteiger partial charge in [-0.15, -0.1) is 23.4 Å². The van der Waals surface area contributed by atoms with Gasteiger partial charge < -0.3 is 0 Å². The molecule has 0 heterocycles. The van der Waals surface area contributed by atoms with Crippen molar-refractivity contribution in [3.63, 3.8) is 0 Å². The zero-order valence-electron chi connectivity index (χ0n) is 14.6. The van der Waals surface area contributed by atoms with Crippen LogP contribution in [0.25, 0.3) is 0 Å². The van der Waals surface area contributed by atoms with Crippen molar-refractivity contribution in [2.45, 2.75) is 61.5 Å². The van der Waals surface area contributed by atoms with Crippen LogP contribution in [-0.4, -0.2) is 10.1 Å². The monoisotopic (exact) mass is 346 g/mol. The molecule has 0 N–H and O–H groups in total. The Balaban J connectivity index is 1.99. The number of thioether (sulfide) groups is 1. The summed E-state index contributed by atoms with van der Waals surface area (Å²) in [5, 5.41) is 0.402. The van der Waals surface area contributed by atoms with Gasteiger partial charge in [-0.1, -0.05) is 55.0 Å². The predicted octanol–water partition coefficient (Wildman–Crippen LogP) is 7.06. The summed E-state index contributed by atoms with van der Waals surface area (Å²) in [7, 11) is 0. The standard InChI is InChI=1S/C21H27ClS/c1-16-10-13-18(14-11-16)17(2)12-15-20(21(3,4)22)23-19-8-6-5-7-9-19/h5-11,13-14,17,20H,12,15H2,1-4H3. The molecule has 0 saturated heterocycles. The highest BCUT2D eigenvalue weighted by Crippen LogP contribution is 2.38. The topological polar surface area (TPSA) is 0 Å². The molecule has 23 heavy (non-hydrogen) atoms. The van der Waals surface area contributed by atoms with Crippen LogP contribution in [0.3, 0.4) is 0 Å². The summed E-state index contributed by atoms with van der Waals surface area (Å²) >= 11 is 8.58. The van der Waals surface area contributed by atoms with Crippen LogP contribution in [0.1, 0.15) is 50.7 Å². The van der Waals surface area contributed by atoms with Gasteiger partial charge in [0.15, 0.2) is 0 Å². The van der Waals surface area contributed by atoms with E-state index in [1.165, 1.54) is 16.0 Å². The Morgan fingerprint density at radius 3 is 2.13 bits per heavy atom. The van der Waals surface area contributed by atoms with E-state index in [-0.39, 0.29) is 4.87 Å². The smallest absolute Gasteiger partial charge is 0.0512 e. The maximum atomic E-state index is 6.68. The van der Waals surface area contributed by atoms with Crippen LogP contribution in [0.5, 0.6) is 0 Å². The van der Waals surface area contributed by atoms with Crippen LogP contribution < -0.4 is 0 Å². The van der Waals surface area contributed by atoms with E-state index in [0.29, 0.717) is 11.2 Å². The number of benzene rings is 2. The summed E-state index contributed by atoms with van der Waals surface area (Å²) < 4.78 is 0. The third kappa shape index (κ3) is 5.90. The molecule has 2 rings (SSSR count). The fourth-order valence-electron chi connectivity index (χ4n) is 2.67. The van der Waals surface area contributed by atoms with Gasteiger partial charge in [-0.05, 0) is 57.2 Å². The van der Waals surface area contributed by atoms with Gasteiger partial charge >= 0.3 is 0 Å². The molecule has 2 heteroatoms. The van der Waals surface area contributed by atoms with Gasteiger partial charge in [-0.2, -0.15) is 0 Å². The molecule has 0 fully saturated rings. The third-order valence-electron chi connectivity index (χ3n) is 4.30. The molecular formula is C21H27ClS. The maximum absolute atomic E-state index is 6.68. The van der Waals surface area contributed by atoms with E-state index in [2.05, 4.69) is 82.3 Å². The quantitative estimate of drug-likeness (QED) is 0.382. The number of aryl methyl sites for hydroxylation is 1. The predicted molar refractivity (Wildman–Crippen MR) is 105 cm³/mol. The number of hydrogen-bond acceptors (Lipinski definition) is 1. The van der Waals surface area contributed by atoms with Crippen molar-refractivity contribution < 1.29 is 0 Å². The second-order valence-corrected chi connectivity index (χ2v) is 9.12. The number of rotatable bonds is 7. The molecule has 0 amide bonds. The van der Waals surface area contributed by atoms with Crippen molar-refractivity contribution >= 4 is 23.4 Å². The van der Waals surface area contributed by atoms with E-state index < -0.39 is 0 Å². The molecule has 2 atom stereocenters. The number of halogens is 1. The molecule has 0 aliphatic heterocycles. The van der Waals surface area contributed by atoms with Crippen LogP contribution in [-0.2, 0) is 0 Å². The van der Waals surface area contributed by atoms with Gasteiger partial charge in [0.05, 0.1) is 4.87 Å². The molecule has 0 saturated carbocycles. The van der Waals surface area contributed by atoms with Gasteiger partial charge in [0.1, 0.15) is 0 Å².